The van der Waals surface area contributed by atoms with Crippen LogP contribution in [-0.4, -0.2) is 10.8 Å². The summed E-state index contributed by atoms with van der Waals surface area (Å²) in [7, 11) is 0. The Morgan fingerprint density at radius 2 is 1.94 bits per heavy atom. The third-order valence-corrected chi connectivity index (χ3v) is 5.65. The van der Waals surface area contributed by atoms with Gasteiger partial charge in [-0.25, -0.2) is 0 Å². The van der Waals surface area contributed by atoms with Crippen LogP contribution in [-0.2, 0) is 11.4 Å². The number of nitrogens with zero attached hydrogens (tertiary/aromatic N) is 2. The van der Waals surface area contributed by atoms with Gasteiger partial charge in [0, 0.05) is 22.3 Å². The topological polar surface area (TPSA) is 105 Å². The summed E-state index contributed by atoms with van der Waals surface area (Å²) in [6.07, 6.45) is 1.41. The lowest BCUT2D eigenvalue weighted by molar-refractivity contribution is -0.384. The Balaban J connectivity index is 1.77. The Labute approximate surface area is 211 Å². The van der Waals surface area contributed by atoms with Gasteiger partial charge in [0.25, 0.3) is 11.6 Å². The van der Waals surface area contributed by atoms with Crippen molar-refractivity contribution in [1.29, 1.82) is 5.26 Å². The summed E-state index contributed by atoms with van der Waals surface area (Å²) >= 11 is 13.1. The largest absolute Gasteiger partial charge is 0.486 e. The molecular formula is C23H14Br2ClN3O4. The summed E-state index contributed by atoms with van der Waals surface area (Å²) in [5, 5.41) is 23.3. The molecule has 0 unspecified atom stereocenters. The van der Waals surface area contributed by atoms with Gasteiger partial charge in [-0.3, -0.25) is 14.9 Å². The number of anilines is 1. The highest BCUT2D eigenvalue weighted by Gasteiger charge is 2.14. The molecule has 10 heteroatoms. The minimum atomic E-state index is -0.561. The maximum atomic E-state index is 12.5. The third kappa shape index (κ3) is 6.65. The molecule has 1 N–H and O–H groups in total. The zero-order valence-electron chi connectivity index (χ0n) is 16.7. The van der Waals surface area contributed by atoms with Crippen molar-refractivity contribution in [3.05, 3.63) is 101 Å². The van der Waals surface area contributed by atoms with E-state index in [2.05, 4.69) is 37.2 Å². The molecule has 0 saturated heterocycles. The lowest BCUT2D eigenvalue weighted by Crippen LogP contribution is -2.13. The highest BCUT2D eigenvalue weighted by Crippen LogP contribution is 2.36. The summed E-state index contributed by atoms with van der Waals surface area (Å²) in [6, 6.07) is 18.2. The van der Waals surface area contributed by atoms with Crippen LogP contribution in [0.2, 0.25) is 5.02 Å². The number of hydrogen-bond acceptors (Lipinski definition) is 5. The predicted molar refractivity (Wildman–Crippen MR) is 133 cm³/mol. The molecule has 33 heavy (non-hydrogen) atoms. The van der Waals surface area contributed by atoms with E-state index >= 15 is 0 Å². The Hall–Kier alpha value is -3.19. The average Bonchev–Trinajstić information content (AvgIpc) is 2.77. The van der Waals surface area contributed by atoms with Crippen LogP contribution in [0.1, 0.15) is 11.1 Å². The van der Waals surface area contributed by atoms with Gasteiger partial charge < -0.3 is 10.1 Å². The molecule has 0 atom stereocenters. The SMILES string of the molecule is N#C/C(=C/c1cc(Cl)c(OCc2cccc([N+](=O)[O-])c2)c(Br)c1)C(=O)Nc1cccc(Br)c1. The molecule has 0 aromatic heterocycles. The lowest BCUT2D eigenvalue weighted by atomic mass is 10.1. The van der Waals surface area contributed by atoms with Gasteiger partial charge in [-0.1, -0.05) is 45.7 Å². The first-order valence-electron chi connectivity index (χ1n) is 9.30. The first-order chi connectivity index (χ1) is 15.8. The summed E-state index contributed by atoms with van der Waals surface area (Å²) in [5.41, 5.74) is 1.51. The third-order valence-electron chi connectivity index (χ3n) is 4.28. The van der Waals surface area contributed by atoms with Gasteiger partial charge in [0.05, 0.1) is 14.4 Å². The molecule has 0 spiro atoms. The highest BCUT2D eigenvalue weighted by atomic mass is 79.9. The van der Waals surface area contributed by atoms with Crippen molar-refractivity contribution in [3.8, 4) is 11.8 Å². The highest BCUT2D eigenvalue weighted by molar-refractivity contribution is 9.10. The van der Waals surface area contributed by atoms with Crippen LogP contribution < -0.4 is 10.1 Å². The number of hydrogen-bond donors (Lipinski definition) is 1. The van der Waals surface area contributed by atoms with Gasteiger partial charge >= 0.3 is 0 Å². The van der Waals surface area contributed by atoms with Crippen molar-refractivity contribution in [2.75, 3.05) is 5.32 Å². The van der Waals surface area contributed by atoms with Gasteiger partial charge in [-0.05, 0) is 63.5 Å². The molecule has 0 saturated carbocycles. The Kier molecular flexibility index (Phi) is 8.22. The minimum absolute atomic E-state index is 0.0353. The number of ether oxygens (including phenoxy) is 1. The quantitative estimate of drug-likeness (QED) is 0.139. The van der Waals surface area contributed by atoms with E-state index in [1.54, 1.807) is 42.5 Å². The number of amides is 1. The molecule has 3 aromatic carbocycles. The monoisotopic (exact) mass is 589 g/mol. The number of non-ortho nitro benzene ring substituents is 1. The van der Waals surface area contributed by atoms with Crippen molar-refractivity contribution in [2.24, 2.45) is 0 Å². The Bertz CT molecular complexity index is 1280. The minimum Gasteiger partial charge on any atom is -0.486 e. The van der Waals surface area contributed by atoms with E-state index < -0.39 is 10.8 Å². The molecule has 3 aromatic rings. The zero-order chi connectivity index (χ0) is 24.0. The number of rotatable bonds is 7. The van der Waals surface area contributed by atoms with Crippen LogP contribution in [0.15, 0.2) is 75.2 Å². The Morgan fingerprint density at radius 3 is 2.61 bits per heavy atom. The number of nitrogens with one attached hydrogen (secondary N) is 1. The van der Waals surface area contributed by atoms with Gasteiger partial charge in [0.15, 0.2) is 5.75 Å². The fourth-order valence-corrected chi connectivity index (χ4v) is 4.18. The van der Waals surface area contributed by atoms with E-state index in [-0.39, 0.29) is 22.9 Å². The number of nitriles is 1. The maximum Gasteiger partial charge on any atom is 0.269 e. The summed E-state index contributed by atoms with van der Waals surface area (Å²) < 4.78 is 7.03. The van der Waals surface area contributed by atoms with Crippen LogP contribution in [0, 0.1) is 21.4 Å². The second-order valence-corrected chi connectivity index (χ2v) is 8.84. The van der Waals surface area contributed by atoms with Gasteiger partial charge in [0.2, 0.25) is 0 Å². The predicted octanol–water partition coefficient (Wildman–Crippen LogP) is 6.90. The van der Waals surface area contributed by atoms with Crippen molar-refractivity contribution in [1.82, 2.24) is 0 Å². The normalized spacial score (nSPS) is 10.9. The van der Waals surface area contributed by atoms with Crippen molar-refractivity contribution >= 4 is 66.8 Å². The number of carbonyl (C=O) groups excluding carboxylic acids is 1. The van der Waals surface area contributed by atoms with E-state index in [1.807, 2.05) is 12.1 Å². The second kappa shape index (κ2) is 11.1. The number of benzene rings is 3. The first-order valence-corrected chi connectivity index (χ1v) is 11.3. The number of halogens is 3. The zero-order valence-corrected chi connectivity index (χ0v) is 20.6. The molecule has 0 radical (unpaired) electrons. The molecule has 166 valence electrons. The molecule has 0 fully saturated rings. The van der Waals surface area contributed by atoms with E-state index in [1.165, 1.54) is 18.2 Å². The van der Waals surface area contributed by atoms with Crippen LogP contribution in [0.3, 0.4) is 0 Å². The van der Waals surface area contributed by atoms with E-state index in [0.29, 0.717) is 27.0 Å². The molecule has 0 heterocycles. The van der Waals surface area contributed by atoms with Gasteiger partial charge in [0.1, 0.15) is 18.2 Å². The molecule has 0 bridgehead atoms. The summed E-state index contributed by atoms with van der Waals surface area (Å²) in [4.78, 5) is 22.9. The fraction of sp³-hybridized carbons (Fsp3) is 0.0435. The van der Waals surface area contributed by atoms with Crippen molar-refractivity contribution in [3.63, 3.8) is 0 Å². The number of nitro groups is 1. The molecular weight excluding hydrogens is 578 g/mol. The van der Waals surface area contributed by atoms with Crippen LogP contribution >= 0.6 is 43.5 Å². The Morgan fingerprint density at radius 1 is 1.18 bits per heavy atom. The first kappa shape index (κ1) is 24.5. The molecule has 1 amide bonds. The number of nitro benzene ring substituents is 1. The second-order valence-electron chi connectivity index (χ2n) is 6.66. The summed E-state index contributed by atoms with van der Waals surface area (Å²) in [6.45, 7) is 0.0632. The van der Waals surface area contributed by atoms with Crippen LogP contribution in [0.4, 0.5) is 11.4 Å². The average molecular weight is 592 g/mol. The van der Waals surface area contributed by atoms with Gasteiger partial charge in [-0.15, -0.1) is 0 Å². The lowest BCUT2D eigenvalue weighted by Gasteiger charge is -2.11. The smallest absolute Gasteiger partial charge is 0.269 e. The van der Waals surface area contributed by atoms with Crippen molar-refractivity contribution < 1.29 is 14.5 Å². The molecule has 0 aliphatic heterocycles. The standard InChI is InChI=1S/C23H14Br2ClN3O4/c24-17-4-2-5-18(11-17)28-23(30)16(12-27)7-15-9-20(25)22(21(26)10-15)33-13-14-3-1-6-19(8-14)29(31)32/h1-11H,13H2,(H,28,30)/b16-7-. The van der Waals surface area contributed by atoms with E-state index in [9.17, 15) is 20.2 Å². The molecule has 0 aliphatic carbocycles. The van der Waals surface area contributed by atoms with Crippen LogP contribution in [0.25, 0.3) is 6.08 Å². The van der Waals surface area contributed by atoms with Gasteiger partial charge in [-0.2, -0.15) is 5.26 Å². The summed E-state index contributed by atoms with van der Waals surface area (Å²) in [5.74, 6) is -0.230. The molecule has 0 aliphatic rings. The molecule has 3 rings (SSSR count). The van der Waals surface area contributed by atoms with E-state index in [0.717, 1.165) is 4.47 Å². The van der Waals surface area contributed by atoms with Crippen molar-refractivity contribution in [2.45, 2.75) is 6.61 Å². The number of carbonyl (C=O) groups is 1. The van der Waals surface area contributed by atoms with Crippen LogP contribution in [0.5, 0.6) is 5.75 Å². The fourth-order valence-electron chi connectivity index (χ4n) is 2.80. The maximum absolute atomic E-state index is 12.5. The molecule has 7 nitrogen and oxygen atoms in total. The van der Waals surface area contributed by atoms with E-state index in [4.69, 9.17) is 16.3 Å².